The molecule has 0 N–H and O–H groups in total. The van der Waals surface area contributed by atoms with Crippen LogP contribution in [0.2, 0.25) is 19.6 Å². The molecule has 4 aliphatic carbocycles. The summed E-state index contributed by atoms with van der Waals surface area (Å²) in [5, 5.41) is 0. The van der Waals surface area contributed by atoms with Gasteiger partial charge in [-0.2, -0.15) is 0 Å². The Balaban J connectivity index is 1.60. The SMILES string of the molecule is CC(C)=CCC[C@@H](C)[C@H]1CC[C@@]2(C)[C@@H]3CC[C@H]4C(C)(C)[C@@H](O[Si](C)(C)C)CC[C@]4(C)C3=CC[C@]12C. The molecular formula is C33H58OSi. The van der Waals surface area contributed by atoms with E-state index >= 15 is 0 Å². The van der Waals surface area contributed by atoms with Gasteiger partial charge in [-0.3, -0.25) is 0 Å². The van der Waals surface area contributed by atoms with Gasteiger partial charge in [0.1, 0.15) is 0 Å². The summed E-state index contributed by atoms with van der Waals surface area (Å²) in [4.78, 5) is 0. The molecule has 8 atom stereocenters. The molecule has 3 fully saturated rings. The van der Waals surface area contributed by atoms with Crippen molar-refractivity contribution in [2.24, 2.45) is 45.3 Å². The summed E-state index contributed by atoms with van der Waals surface area (Å²) < 4.78 is 6.83. The number of fused-ring (bicyclic) bond motifs is 5. The van der Waals surface area contributed by atoms with E-state index in [0.717, 1.165) is 23.7 Å². The fraction of sp³-hybridized carbons (Fsp3) is 0.879. The Morgan fingerprint density at radius 2 is 1.69 bits per heavy atom. The smallest absolute Gasteiger partial charge is 0.184 e. The number of hydrogen-bond donors (Lipinski definition) is 0. The van der Waals surface area contributed by atoms with Crippen molar-refractivity contribution in [2.75, 3.05) is 0 Å². The van der Waals surface area contributed by atoms with Crippen molar-refractivity contribution in [1.82, 2.24) is 0 Å². The van der Waals surface area contributed by atoms with Crippen molar-refractivity contribution in [1.29, 1.82) is 0 Å². The third-order valence-electron chi connectivity index (χ3n) is 12.2. The van der Waals surface area contributed by atoms with Crippen LogP contribution in [0.4, 0.5) is 0 Å². The first-order valence-corrected chi connectivity index (χ1v) is 18.5. The summed E-state index contributed by atoms with van der Waals surface area (Å²) in [7, 11) is -1.54. The van der Waals surface area contributed by atoms with Crippen LogP contribution in [0, 0.1) is 45.3 Å². The Kier molecular flexibility index (Phi) is 7.23. The topological polar surface area (TPSA) is 9.23 Å². The van der Waals surface area contributed by atoms with E-state index in [2.05, 4.69) is 87.2 Å². The van der Waals surface area contributed by atoms with Crippen LogP contribution in [0.25, 0.3) is 0 Å². The lowest BCUT2D eigenvalue weighted by Crippen LogP contribution is -2.59. The summed E-state index contributed by atoms with van der Waals surface area (Å²) in [6, 6.07) is 0. The molecule has 35 heavy (non-hydrogen) atoms. The average Bonchev–Trinajstić information content (AvgIpc) is 3.01. The molecule has 4 aliphatic rings. The Morgan fingerprint density at radius 1 is 1.00 bits per heavy atom. The van der Waals surface area contributed by atoms with Crippen LogP contribution < -0.4 is 0 Å². The van der Waals surface area contributed by atoms with Crippen LogP contribution in [0.3, 0.4) is 0 Å². The van der Waals surface area contributed by atoms with E-state index in [1.165, 1.54) is 63.4 Å². The lowest BCUT2D eigenvalue weighted by Gasteiger charge is -2.65. The van der Waals surface area contributed by atoms with Gasteiger partial charge >= 0.3 is 0 Å². The van der Waals surface area contributed by atoms with Gasteiger partial charge in [0.05, 0.1) is 6.10 Å². The van der Waals surface area contributed by atoms with E-state index in [1.807, 2.05) is 5.57 Å². The molecule has 0 spiro atoms. The van der Waals surface area contributed by atoms with E-state index in [9.17, 15) is 0 Å². The Hall–Kier alpha value is -0.343. The molecule has 0 aromatic carbocycles. The second-order valence-electron chi connectivity index (χ2n) is 15.9. The molecule has 0 saturated heterocycles. The molecular weight excluding hydrogens is 440 g/mol. The van der Waals surface area contributed by atoms with E-state index in [1.54, 1.807) is 0 Å². The van der Waals surface area contributed by atoms with Crippen LogP contribution in [0.5, 0.6) is 0 Å². The van der Waals surface area contributed by atoms with Crippen molar-refractivity contribution in [3.8, 4) is 0 Å². The number of rotatable bonds is 6. The highest BCUT2D eigenvalue weighted by Crippen LogP contribution is 2.73. The van der Waals surface area contributed by atoms with E-state index < -0.39 is 8.32 Å². The predicted octanol–water partition coefficient (Wildman–Crippen LogP) is 10.2. The number of allylic oxidation sites excluding steroid dienone is 4. The van der Waals surface area contributed by atoms with Gasteiger partial charge in [0.2, 0.25) is 0 Å². The lowest BCUT2D eigenvalue weighted by atomic mass is 9.41. The van der Waals surface area contributed by atoms with Gasteiger partial charge in [0.15, 0.2) is 8.32 Å². The van der Waals surface area contributed by atoms with E-state index in [4.69, 9.17) is 4.43 Å². The lowest BCUT2D eigenvalue weighted by molar-refractivity contribution is -0.112. The zero-order chi connectivity index (χ0) is 26.0. The molecule has 200 valence electrons. The molecule has 3 saturated carbocycles. The Bertz CT molecular complexity index is 857. The second-order valence-corrected chi connectivity index (χ2v) is 20.3. The van der Waals surface area contributed by atoms with Crippen molar-refractivity contribution in [3.63, 3.8) is 0 Å². The molecule has 0 radical (unpaired) electrons. The largest absolute Gasteiger partial charge is 0.414 e. The Labute approximate surface area is 220 Å². The molecule has 2 heteroatoms. The normalized spacial score (nSPS) is 43.5. The molecule has 0 aliphatic heterocycles. The van der Waals surface area contributed by atoms with Crippen molar-refractivity contribution < 1.29 is 4.43 Å². The van der Waals surface area contributed by atoms with Gasteiger partial charge in [0.25, 0.3) is 0 Å². The average molecular weight is 499 g/mol. The van der Waals surface area contributed by atoms with Crippen LogP contribution in [0.1, 0.15) is 113 Å². The molecule has 0 amide bonds. The van der Waals surface area contributed by atoms with E-state index in [0.29, 0.717) is 22.3 Å². The molecule has 1 nitrogen and oxygen atoms in total. The fourth-order valence-corrected chi connectivity index (χ4v) is 11.4. The summed E-state index contributed by atoms with van der Waals surface area (Å²) >= 11 is 0. The first-order chi connectivity index (χ1) is 16.1. The third-order valence-corrected chi connectivity index (χ3v) is 13.2. The first-order valence-electron chi connectivity index (χ1n) is 15.1. The Morgan fingerprint density at radius 3 is 2.31 bits per heavy atom. The van der Waals surface area contributed by atoms with Gasteiger partial charge in [-0.05, 0) is 137 Å². The van der Waals surface area contributed by atoms with Crippen LogP contribution in [0.15, 0.2) is 23.3 Å². The van der Waals surface area contributed by atoms with Crippen LogP contribution >= 0.6 is 0 Å². The van der Waals surface area contributed by atoms with Gasteiger partial charge in [-0.25, -0.2) is 0 Å². The van der Waals surface area contributed by atoms with E-state index in [-0.39, 0.29) is 5.41 Å². The minimum Gasteiger partial charge on any atom is -0.414 e. The second kappa shape index (κ2) is 9.14. The molecule has 0 heterocycles. The van der Waals surface area contributed by atoms with Gasteiger partial charge < -0.3 is 4.43 Å². The van der Waals surface area contributed by atoms with Crippen molar-refractivity contribution in [2.45, 2.75) is 139 Å². The fourth-order valence-electron chi connectivity index (χ4n) is 10.1. The standard InChI is InChI=1S/C33H58OSi/c1-23(2)13-12-14-24(3)25-17-21-33(8)27-15-16-28-30(4,5)29(34-35(9,10)11)19-20-31(28,6)26(27)18-22-32(25,33)7/h13,18,24-25,27-29H,12,14-17,19-22H2,1-11H3/t24-,25-,27-,28+,29+,31-,32-,33+/m1/s1. The zero-order valence-electron chi connectivity index (χ0n) is 25.3. The summed E-state index contributed by atoms with van der Waals surface area (Å²) in [5.74, 6) is 3.24. The minimum absolute atomic E-state index is 0.262. The maximum Gasteiger partial charge on any atom is 0.184 e. The minimum atomic E-state index is -1.54. The maximum absolute atomic E-state index is 6.83. The van der Waals surface area contributed by atoms with Gasteiger partial charge in [-0.1, -0.05) is 64.8 Å². The molecule has 0 aromatic rings. The van der Waals surface area contributed by atoms with Crippen molar-refractivity contribution >= 4 is 8.32 Å². The quantitative estimate of drug-likeness (QED) is 0.261. The highest BCUT2D eigenvalue weighted by Gasteiger charge is 2.65. The molecule has 0 aromatic heterocycles. The monoisotopic (exact) mass is 498 g/mol. The summed E-state index contributed by atoms with van der Waals surface area (Å²) in [6.07, 6.45) is 17.9. The van der Waals surface area contributed by atoms with Gasteiger partial charge in [-0.15, -0.1) is 0 Å². The van der Waals surface area contributed by atoms with Gasteiger partial charge in [0, 0.05) is 0 Å². The molecule has 4 rings (SSSR count). The zero-order valence-corrected chi connectivity index (χ0v) is 26.3. The van der Waals surface area contributed by atoms with Crippen LogP contribution in [-0.2, 0) is 4.43 Å². The van der Waals surface area contributed by atoms with Crippen LogP contribution in [-0.4, -0.2) is 14.4 Å². The first kappa shape index (κ1) is 27.7. The third kappa shape index (κ3) is 4.49. The number of hydrogen-bond acceptors (Lipinski definition) is 1. The summed E-state index contributed by atoms with van der Waals surface area (Å²) in [5.41, 5.74) is 4.91. The predicted molar refractivity (Wildman–Crippen MR) is 155 cm³/mol. The van der Waals surface area contributed by atoms with Crippen molar-refractivity contribution in [3.05, 3.63) is 23.3 Å². The summed E-state index contributed by atoms with van der Waals surface area (Å²) in [6.45, 7) is 27.4. The highest BCUT2D eigenvalue weighted by molar-refractivity contribution is 6.69. The molecule has 0 bridgehead atoms. The molecule has 0 unspecified atom stereocenters. The maximum atomic E-state index is 6.83. The highest BCUT2D eigenvalue weighted by atomic mass is 28.4.